The number of nitrogens with zero attached hydrogens (tertiary/aromatic N) is 2. The topological polar surface area (TPSA) is 43.8 Å². The second kappa shape index (κ2) is 4.94. The van der Waals surface area contributed by atoms with Gasteiger partial charge in [0, 0.05) is 12.6 Å². The molecule has 2 rings (SSSR count). The van der Waals surface area contributed by atoms with Crippen LogP contribution in [0.15, 0.2) is 42.9 Å². The van der Waals surface area contributed by atoms with Crippen molar-refractivity contribution >= 4 is 0 Å². The number of hydrogen-bond acceptors (Lipinski definition) is 2. The van der Waals surface area contributed by atoms with Crippen LogP contribution in [0.25, 0.3) is 0 Å². The Labute approximate surface area is 95.9 Å². The van der Waals surface area contributed by atoms with Crippen LogP contribution < -0.4 is 5.73 Å². The number of hydrogen-bond donors (Lipinski definition) is 1. The molecule has 0 fully saturated rings. The van der Waals surface area contributed by atoms with Crippen LogP contribution in [0.4, 0.5) is 0 Å². The van der Waals surface area contributed by atoms with Gasteiger partial charge in [-0.1, -0.05) is 30.3 Å². The summed E-state index contributed by atoms with van der Waals surface area (Å²) in [5, 5.41) is 0. The van der Waals surface area contributed by atoms with Crippen molar-refractivity contribution in [2.24, 2.45) is 5.73 Å². The summed E-state index contributed by atoms with van der Waals surface area (Å²) < 4.78 is 2.13. The summed E-state index contributed by atoms with van der Waals surface area (Å²) in [5.41, 5.74) is 7.86. The Morgan fingerprint density at radius 2 is 2.06 bits per heavy atom. The molecule has 0 aliphatic heterocycles. The van der Waals surface area contributed by atoms with E-state index in [4.69, 9.17) is 5.73 Å². The number of aromatic nitrogens is 2. The maximum Gasteiger partial charge on any atom is 0.0955 e. The first kappa shape index (κ1) is 10.9. The molecular weight excluding hydrogens is 198 g/mol. The molecule has 84 valence electrons. The molecule has 0 aliphatic rings. The van der Waals surface area contributed by atoms with E-state index in [1.54, 1.807) is 0 Å². The molecule has 0 saturated carbocycles. The van der Waals surface area contributed by atoms with Crippen molar-refractivity contribution in [3.05, 3.63) is 54.1 Å². The highest BCUT2D eigenvalue weighted by Crippen LogP contribution is 2.17. The molecular formula is C13H17N3. The van der Waals surface area contributed by atoms with Gasteiger partial charge in [0.2, 0.25) is 0 Å². The molecule has 3 heteroatoms. The average molecular weight is 215 g/mol. The third-order valence-electron chi connectivity index (χ3n) is 2.78. The van der Waals surface area contributed by atoms with Gasteiger partial charge in [-0.15, -0.1) is 0 Å². The smallest absolute Gasteiger partial charge is 0.0955 e. The molecule has 0 bridgehead atoms. The summed E-state index contributed by atoms with van der Waals surface area (Å²) in [7, 11) is 0. The van der Waals surface area contributed by atoms with Crippen molar-refractivity contribution in [3.8, 4) is 0 Å². The van der Waals surface area contributed by atoms with Crippen LogP contribution in [0.3, 0.4) is 0 Å². The Kier molecular flexibility index (Phi) is 3.37. The van der Waals surface area contributed by atoms with Crippen molar-refractivity contribution in [3.63, 3.8) is 0 Å². The Balaban J connectivity index is 2.17. The van der Waals surface area contributed by atoms with Gasteiger partial charge in [-0.3, -0.25) is 0 Å². The minimum Gasteiger partial charge on any atom is -0.330 e. The van der Waals surface area contributed by atoms with Crippen molar-refractivity contribution in [2.75, 3.05) is 6.54 Å². The minimum absolute atomic E-state index is 0.320. The third kappa shape index (κ3) is 2.31. The van der Waals surface area contributed by atoms with Crippen LogP contribution in [0, 0.1) is 0 Å². The van der Waals surface area contributed by atoms with Crippen molar-refractivity contribution < 1.29 is 0 Å². The van der Waals surface area contributed by atoms with Gasteiger partial charge in [-0.25, -0.2) is 4.98 Å². The zero-order valence-electron chi connectivity index (χ0n) is 9.50. The van der Waals surface area contributed by atoms with Crippen LogP contribution in [0.1, 0.15) is 24.2 Å². The third-order valence-corrected chi connectivity index (χ3v) is 2.78. The quantitative estimate of drug-likeness (QED) is 0.847. The van der Waals surface area contributed by atoms with Gasteiger partial charge in [0.05, 0.1) is 18.1 Å². The average Bonchev–Trinajstić information content (AvgIpc) is 2.78. The predicted octanol–water partition coefficient (Wildman–Crippen LogP) is 1.99. The lowest BCUT2D eigenvalue weighted by Gasteiger charge is -2.12. The van der Waals surface area contributed by atoms with Crippen molar-refractivity contribution in [1.82, 2.24) is 9.55 Å². The second-order valence-corrected chi connectivity index (χ2v) is 3.94. The van der Waals surface area contributed by atoms with Crippen LogP contribution >= 0.6 is 0 Å². The highest BCUT2D eigenvalue weighted by Gasteiger charge is 2.07. The van der Waals surface area contributed by atoms with E-state index < -0.39 is 0 Å². The molecule has 3 nitrogen and oxygen atoms in total. The molecule has 1 aromatic carbocycles. The van der Waals surface area contributed by atoms with Crippen LogP contribution in [0.2, 0.25) is 0 Å². The number of benzene rings is 1. The molecule has 2 aromatic rings. The molecule has 1 atom stereocenters. The summed E-state index contributed by atoms with van der Waals surface area (Å²) in [4.78, 5) is 4.34. The van der Waals surface area contributed by atoms with Gasteiger partial charge in [0.15, 0.2) is 0 Å². The first-order chi connectivity index (χ1) is 7.81. The fraction of sp³-hybridized carbons (Fsp3) is 0.308. The number of nitrogens with two attached hydrogens (primary N) is 1. The van der Waals surface area contributed by atoms with Gasteiger partial charge in [0.25, 0.3) is 0 Å². The van der Waals surface area contributed by atoms with Crippen LogP contribution in [0.5, 0.6) is 0 Å². The first-order valence-corrected chi connectivity index (χ1v) is 5.58. The van der Waals surface area contributed by atoms with E-state index >= 15 is 0 Å². The molecule has 0 radical (unpaired) electrons. The lowest BCUT2D eigenvalue weighted by atomic mass is 10.1. The molecule has 0 saturated heterocycles. The van der Waals surface area contributed by atoms with Gasteiger partial charge in [-0.2, -0.15) is 0 Å². The molecule has 1 heterocycles. The molecule has 0 amide bonds. The van der Waals surface area contributed by atoms with Gasteiger partial charge in [0.1, 0.15) is 0 Å². The fourth-order valence-corrected chi connectivity index (χ4v) is 1.77. The Morgan fingerprint density at radius 3 is 2.75 bits per heavy atom. The van der Waals surface area contributed by atoms with E-state index in [0.717, 1.165) is 12.1 Å². The maximum absolute atomic E-state index is 5.51. The van der Waals surface area contributed by atoms with Gasteiger partial charge < -0.3 is 10.3 Å². The van der Waals surface area contributed by atoms with Crippen molar-refractivity contribution in [2.45, 2.75) is 19.4 Å². The van der Waals surface area contributed by atoms with E-state index in [0.29, 0.717) is 12.6 Å². The van der Waals surface area contributed by atoms with E-state index in [1.807, 2.05) is 12.4 Å². The predicted molar refractivity (Wildman–Crippen MR) is 65.2 cm³/mol. The summed E-state index contributed by atoms with van der Waals surface area (Å²) >= 11 is 0. The Hall–Kier alpha value is -1.61. The lowest BCUT2D eigenvalue weighted by molar-refractivity contribution is 0.637. The van der Waals surface area contributed by atoms with Gasteiger partial charge >= 0.3 is 0 Å². The summed E-state index contributed by atoms with van der Waals surface area (Å²) in [6.07, 6.45) is 4.79. The van der Waals surface area contributed by atoms with Crippen LogP contribution in [-0.4, -0.2) is 16.1 Å². The van der Waals surface area contributed by atoms with Crippen molar-refractivity contribution in [1.29, 1.82) is 0 Å². The number of imidazole rings is 1. The van der Waals surface area contributed by atoms with E-state index in [2.05, 4.69) is 46.9 Å². The SMILES string of the molecule is CC(c1ccccc1)n1cnc(CCN)c1. The summed E-state index contributed by atoms with van der Waals surface area (Å²) in [6, 6.07) is 10.7. The zero-order chi connectivity index (χ0) is 11.4. The molecule has 1 unspecified atom stereocenters. The lowest BCUT2D eigenvalue weighted by Crippen LogP contribution is -2.05. The van der Waals surface area contributed by atoms with E-state index in [-0.39, 0.29) is 0 Å². The van der Waals surface area contributed by atoms with E-state index in [1.165, 1.54) is 5.56 Å². The largest absolute Gasteiger partial charge is 0.330 e. The highest BCUT2D eigenvalue weighted by molar-refractivity contribution is 5.19. The first-order valence-electron chi connectivity index (χ1n) is 5.58. The standard InChI is InChI=1S/C13H17N3/c1-11(12-5-3-2-4-6-12)16-9-13(7-8-14)15-10-16/h2-6,9-11H,7-8,14H2,1H3. The maximum atomic E-state index is 5.51. The minimum atomic E-state index is 0.320. The van der Waals surface area contributed by atoms with E-state index in [9.17, 15) is 0 Å². The molecule has 2 N–H and O–H groups in total. The molecule has 0 spiro atoms. The highest BCUT2D eigenvalue weighted by atomic mass is 15.1. The summed E-state index contributed by atoms with van der Waals surface area (Å²) in [6.45, 7) is 2.82. The monoisotopic (exact) mass is 215 g/mol. The summed E-state index contributed by atoms with van der Waals surface area (Å²) in [5.74, 6) is 0. The molecule has 1 aromatic heterocycles. The normalized spacial score (nSPS) is 12.6. The van der Waals surface area contributed by atoms with Gasteiger partial charge in [-0.05, 0) is 19.0 Å². The molecule has 16 heavy (non-hydrogen) atoms. The molecule has 0 aliphatic carbocycles. The fourth-order valence-electron chi connectivity index (χ4n) is 1.77. The zero-order valence-corrected chi connectivity index (χ0v) is 9.50. The Morgan fingerprint density at radius 1 is 1.31 bits per heavy atom. The van der Waals surface area contributed by atoms with Crippen LogP contribution in [-0.2, 0) is 6.42 Å². The Bertz CT molecular complexity index is 433. The second-order valence-electron chi connectivity index (χ2n) is 3.94. The number of rotatable bonds is 4.